The minimum atomic E-state index is 0.567. The Labute approximate surface area is 129 Å². The summed E-state index contributed by atoms with van der Waals surface area (Å²) in [5.41, 5.74) is 2.77. The molecule has 21 heavy (non-hydrogen) atoms. The monoisotopic (exact) mass is 287 g/mol. The predicted molar refractivity (Wildman–Crippen MR) is 88.9 cm³/mol. The van der Waals surface area contributed by atoms with Crippen molar-refractivity contribution in [3.8, 4) is 0 Å². The Kier molecular flexibility index (Phi) is 4.48. The number of piperidine rings is 1. The molecule has 3 heterocycles. The lowest BCUT2D eigenvalue weighted by atomic mass is 9.94. The predicted octanol–water partition coefficient (Wildman–Crippen LogP) is 3.93. The Morgan fingerprint density at radius 3 is 2.48 bits per heavy atom. The maximum absolute atomic E-state index is 4.83. The zero-order valence-corrected chi connectivity index (χ0v) is 13.8. The Balaban J connectivity index is 1.83. The van der Waals surface area contributed by atoms with Gasteiger partial charge in [0.25, 0.3) is 0 Å². The smallest absolute Gasteiger partial charge is 0.131 e. The van der Waals surface area contributed by atoms with Gasteiger partial charge in [0.05, 0.1) is 0 Å². The third kappa shape index (κ3) is 3.08. The van der Waals surface area contributed by atoms with Gasteiger partial charge < -0.3 is 4.90 Å². The van der Waals surface area contributed by atoms with E-state index in [0.29, 0.717) is 12.1 Å². The third-order valence-corrected chi connectivity index (χ3v) is 5.07. The fourth-order valence-corrected chi connectivity index (χ4v) is 3.96. The van der Waals surface area contributed by atoms with Crippen LogP contribution < -0.4 is 4.90 Å². The van der Waals surface area contributed by atoms with Crippen molar-refractivity contribution in [1.82, 2.24) is 9.88 Å². The molecule has 1 aromatic rings. The SMILES string of the molecule is Cc1cc([C@@H]2CCCCN2C(C)C)cnc1N1CCCC1. The number of hydrogen-bond donors (Lipinski definition) is 0. The van der Waals surface area contributed by atoms with Crippen LogP contribution in [-0.4, -0.2) is 35.6 Å². The van der Waals surface area contributed by atoms with Crippen molar-refractivity contribution in [2.24, 2.45) is 0 Å². The van der Waals surface area contributed by atoms with E-state index in [0.717, 1.165) is 0 Å². The van der Waals surface area contributed by atoms with Crippen molar-refractivity contribution in [2.45, 2.75) is 65.0 Å². The van der Waals surface area contributed by atoms with Crippen molar-refractivity contribution < 1.29 is 0 Å². The molecule has 3 heteroatoms. The molecule has 116 valence electrons. The van der Waals surface area contributed by atoms with Crippen molar-refractivity contribution in [3.05, 3.63) is 23.4 Å². The van der Waals surface area contributed by atoms with Gasteiger partial charge in [-0.15, -0.1) is 0 Å². The molecule has 0 unspecified atom stereocenters. The average molecular weight is 287 g/mol. The highest BCUT2D eigenvalue weighted by molar-refractivity contribution is 5.48. The molecule has 2 fully saturated rings. The van der Waals surface area contributed by atoms with E-state index in [1.807, 2.05) is 0 Å². The van der Waals surface area contributed by atoms with Gasteiger partial charge in [-0.05, 0) is 70.2 Å². The minimum Gasteiger partial charge on any atom is -0.356 e. The van der Waals surface area contributed by atoms with Crippen molar-refractivity contribution >= 4 is 5.82 Å². The molecule has 3 nitrogen and oxygen atoms in total. The van der Waals surface area contributed by atoms with Crippen LogP contribution in [0.5, 0.6) is 0 Å². The molecule has 0 saturated carbocycles. The number of nitrogens with zero attached hydrogens (tertiary/aromatic N) is 3. The summed E-state index contributed by atoms with van der Waals surface area (Å²) in [4.78, 5) is 9.92. The second kappa shape index (κ2) is 6.35. The van der Waals surface area contributed by atoms with Crippen LogP contribution in [0.2, 0.25) is 0 Å². The van der Waals surface area contributed by atoms with Gasteiger partial charge in [0.15, 0.2) is 0 Å². The van der Waals surface area contributed by atoms with E-state index >= 15 is 0 Å². The lowest BCUT2D eigenvalue weighted by Crippen LogP contribution is -2.38. The van der Waals surface area contributed by atoms with Gasteiger partial charge in [0.1, 0.15) is 5.82 Å². The molecule has 0 spiro atoms. The quantitative estimate of drug-likeness (QED) is 0.840. The van der Waals surface area contributed by atoms with Gasteiger partial charge in [-0.1, -0.05) is 6.42 Å². The summed E-state index contributed by atoms with van der Waals surface area (Å²) >= 11 is 0. The number of aromatic nitrogens is 1. The molecule has 2 saturated heterocycles. The van der Waals surface area contributed by atoms with Gasteiger partial charge in [0.2, 0.25) is 0 Å². The molecule has 3 rings (SSSR count). The molecule has 0 aliphatic carbocycles. The average Bonchev–Trinajstić information content (AvgIpc) is 3.01. The van der Waals surface area contributed by atoms with Gasteiger partial charge >= 0.3 is 0 Å². The first-order valence-corrected chi connectivity index (χ1v) is 8.64. The van der Waals surface area contributed by atoms with E-state index in [1.54, 1.807) is 0 Å². The molecular weight excluding hydrogens is 258 g/mol. The Morgan fingerprint density at radius 1 is 1.10 bits per heavy atom. The van der Waals surface area contributed by atoms with Crippen LogP contribution in [0.25, 0.3) is 0 Å². The number of pyridine rings is 1. The summed E-state index contributed by atoms with van der Waals surface area (Å²) < 4.78 is 0. The van der Waals surface area contributed by atoms with Crippen LogP contribution in [0.4, 0.5) is 5.82 Å². The van der Waals surface area contributed by atoms with Gasteiger partial charge in [-0.3, -0.25) is 4.90 Å². The van der Waals surface area contributed by atoms with Crippen molar-refractivity contribution in [1.29, 1.82) is 0 Å². The van der Waals surface area contributed by atoms with Crippen LogP contribution in [0.3, 0.4) is 0 Å². The molecule has 0 bridgehead atoms. The highest BCUT2D eigenvalue weighted by atomic mass is 15.2. The number of hydrogen-bond acceptors (Lipinski definition) is 3. The lowest BCUT2D eigenvalue weighted by molar-refractivity contribution is 0.112. The minimum absolute atomic E-state index is 0.567. The van der Waals surface area contributed by atoms with E-state index in [-0.39, 0.29) is 0 Å². The fraction of sp³-hybridized carbons (Fsp3) is 0.722. The van der Waals surface area contributed by atoms with E-state index in [1.165, 1.54) is 68.7 Å². The van der Waals surface area contributed by atoms with Crippen LogP contribution in [-0.2, 0) is 0 Å². The molecule has 0 amide bonds. The summed E-state index contributed by atoms with van der Waals surface area (Å²) in [6.45, 7) is 10.4. The lowest BCUT2D eigenvalue weighted by Gasteiger charge is -2.39. The summed E-state index contributed by atoms with van der Waals surface area (Å²) in [6, 6.07) is 3.58. The van der Waals surface area contributed by atoms with Gasteiger partial charge in [0, 0.05) is 31.4 Å². The number of anilines is 1. The summed E-state index contributed by atoms with van der Waals surface area (Å²) in [5, 5.41) is 0. The molecule has 0 radical (unpaired) electrons. The Hall–Kier alpha value is -1.09. The standard InChI is InChI=1S/C18H29N3/c1-14(2)21-11-5-4-8-17(21)16-12-15(3)18(19-13-16)20-9-6-7-10-20/h12-14,17H,4-11H2,1-3H3/t17-/m0/s1. The molecular formula is C18H29N3. The maximum Gasteiger partial charge on any atom is 0.131 e. The Bertz CT molecular complexity index is 477. The van der Waals surface area contributed by atoms with Crippen LogP contribution in [0.1, 0.15) is 63.1 Å². The number of aryl methyl sites for hydroxylation is 1. The molecule has 2 aliphatic rings. The number of rotatable bonds is 3. The number of likely N-dealkylation sites (tertiary alicyclic amines) is 1. The van der Waals surface area contributed by atoms with Gasteiger partial charge in [-0.2, -0.15) is 0 Å². The highest BCUT2D eigenvalue weighted by Gasteiger charge is 2.27. The summed E-state index contributed by atoms with van der Waals surface area (Å²) in [7, 11) is 0. The maximum atomic E-state index is 4.83. The molecule has 1 aromatic heterocycles. The first-order valence-electron chi connectivity index (χ1n) is 8.64. The first-order chi connectivity index (χ1) is 10.2. The highest BCUT2D eigenvalue weighted by Crippen LogP contribution is 2.34. The molecule has 0 N–H and O–H groups in total. The second-order valence-corrected chi connectivity index (χ2v) is 6.95. The van der Waals surface area contributed by atoms with E-state index < -0.39 is 0 Å². The molecule has 1 atom stereocenters. The topological polar surface area (TPSA) is 19.4 Å². The van der Waals surface area contributed by atoms with Crippen molar-refractivity contribution in [2.75, 3.05) is 24.5 Å². The zero-order chi connectivity index (χ0) is 14.8. The zero-order valence-electron chi connectivity index (χ0n) is 13.8. The van der Waals surface area contributed by atoms with E-state index in [2.05, 4.69) is 42.8 Å². The van der Waals surface area contributed by atoms with Gasteiger partial charge in [-0.25, -0.2) is 4.98 Å². The molecule has 0 aromatic carbocycles. The van der Waals surface area contributed by atoms with Crippen molar-refractivity contribution in [3.63, 3.8) is 0 Å². The summed E-state index contributed by atoms with van der Waals surface area (Å²) in [6.07, 6.45) is 8.74. The third-order valence-electron chi connectivity index (χ3n) is 5.07. The normalized spacial score (nSPS) is 24.0. The Morgan fingerprint density at radius 2 is 1.81 bits per heavy atom. The van der Waals surface area contributed by atoms with Crippen LogP contribution in [0.15, 0.2) is 12.3 Å². The van der Waals surface area contributed by atoms with E-state index in [9.17, 15) is 0 Å². The fourth-order valence-electron chi connectivity index (χ4n) is 3.96. The molecule has 2 aliphatic heterocycles. The van der Waals surface area contributed by atoms with Crippen LogP contribution in [0, 0.1) is 6.92 Å². The summed E-state index contributed by atoms with van der Waals surface area (Å²) in [5.74, 6) is 1.21. The largest absolute Gasteiger partial charge is 0.356 e. The first kappa shape index (κ1) is 14.8. The van der Waals surface area contributed by atoms with Crippen LogP contribution >= 0.6 is 0 Å². The second-order valence-electron chi connectivity index (χ2n) is 6.95. The van der Waals surface area contributed by atoms with E-state index in [4.69, 9.17) is 4.98 Å².